The van der Waals surface area contributed by atoms with Crippen molar-refractivity contribution in [2.45, 2.75) is 52.1 Å². The standard InChI is InChI=1S/C25H29ClFN3O2/c1-16(2)14-29(25(31)20-10-8-17(26)12-23(20)32-3)15-24-28-21-13-18(27)9-11-22(21)30(24)19-6-4-5-7-19/h8-13,16,19H,4-7,14-15H2,1-3H3. The monoisotopic (exact) mass is 457 g/mol. The Balaban J connectivity index is 1.75. The predicted octanol–water partition coefficient (Wildman–Crippen LogP) is 6.25. The largest absolute Gasteiger partial charge is 0.496 e. The molecule has 32 heavy (non-hydrogen) atoms. The van der Waals surface area contributed by atoms with Crippen molar-refractivity contribution < 1.29 is 13.9 Å². The second-order valence-electron chi connectivity index (χ2n) is 8.89. The number of nitrogens with zero attached hydrogens (tertiary/aromatic N) is 3. The normalized spacial score (nSPS) is 14.4. The summed E-state index contributed by atoms with van der Waals surface area (Å²) in [5, 5.41) is 0.513. The lowest BCUT2D eigenvalue weighted by molar-refractivity contribution is 0.0712. The van der Waals surface area contributed by atoms with Crippen molar-refractivity contribution in [2.24, 2.45) is 5.92 Å². The number of amides is 1. The van der Waals surface area contributed by atoms with Gasteiger partial charge in [-0.15, -0.1) is 0 Å². The van der Waals surface area contributed by atoms with Crippen LogP contribution in [0, 0.1) is 11.7 Å². The molecule has 0 atom stereocenters. The molecule has 3 aromatic rings. The Morgan fingerprint density at radius 1 is 1.25 bits per heavy atom. The van der Waals surface area contributed by atoms with E-state index < -0.39 is 0 Å². The average molecular weight is 458 g/mol. The molecule has 7 heteroatoms. The Morgan fingerprint density at radius 3 is 2.69 bits per heavy atom. The number of hydrogen-bond acceptors (Lipinski definition) is 3. The van der Waals surface area contributed by atoms with Crippen molar-refractivity contribution in [2.75, 3.05) is 13.7 Å². The van der Waals surface area contributed by atoms with Gasteiger partial charge in [0.15, 0.2) is 0 Å². The molecule has 1 aromatic heterocycles. The zero-order valence-electron chi connectivity index (χ0n) is 18.8. The highest BCUT2D eigenvalue weighted by Crippen LogP contribution is 2.34. The summed E-state index contributed by atoms with van der Waals surface area (Å²) in [6, 6.07) is 10.1. The maximum absolute atomic E-state index is 13.9. The van der Waals surface area contributed by atoms with Crippen LogP contribution in [0.4, 0.5) is 4.39 Å². The van der Waals surface area contributed by atoms with E-state index in [1.54, 1.807) is 29.2 Å². The van der Waals surface area contributed by atoms with Gasteiger partial charge in [0.05, 0.1) is 30.3 Å². The second kappa shape index (κ2) is 9.49. The van der Waals surface area contributed by atoms with Crippen LogP contribution in [0.15, 0.2) is 36.4 Å². The summed E-state index contributed by atoms with van der Waals surface area (Å²) in [5.74, 6) is 1.06. The molecule has 0 spiro atoms. The van der Waals surface area contributed by atoms with Crippen LogP contribution in [-0.2, 0) is 6.54 Å². The molecule has 1 aliphatic carbocycles. The molecular formula is C25H29ClFN3O2. The number of carbonyl (C=O) groups is 1. The van der Waals surface area contributed by atoms with Crippen LogP contribution in [-0.4, -0.2) is 34.0 Å². The molecule has 1 saturated carbocycles. The topological polar surface area (TPSA) is 47.4 Å². The fraction of sp³-hybridized carbons (Fsp3) is 0.440. The molecule has 170 valence electrons. The van der Waals surface area contributed by atoms with Crippen molar-refractivity contribution in [1.82, 2.24) is 14.5 Å². The van der Waals surface area contributed by atoms with Crippen molar-refractivity contribution in [1.29, 1.82) is 0 Å². The third kappa shape index (κ3) is 4.60. The first kappa shape index (κ1) is 22.6. The predicted molar refractivity (Wildman–Crippen MR) is 125 cm³/mol. The van der Waals surface area contributed by atoms with Gasteiger partial charge >= 0.3 is 0 Å². The highest BCUT2D eigenvalue weighted by Gasteiger charge is 2.27. The van der Waals surface area contributed by atoms with Crippen LogP contribution < -0.4 is 4.74 Å². The Labute approximate surface area is 193 Å². The van der Waals surface area contributed by atoms with E-state index in [4.69, 9.17) is 21.3 Å². The molecule has 4 rings (SSSR count). The van der Waals surface area contributed by atoms with Crippen LogP contribution in [0.25, 0.3) is 11.0 Å². The molecule has 1 amide bonds. The molecule has 0 radical (unpaired) electrons. The fourth-order valence-corrected chi connectivity index (χ4v) is 4.81. The van der Waals surface area contributed by atoms with E-state index in [0.29, 0.717) is 41.0 Å². The minimum absolute atomic E-state index is 0.136. The number of aromatic nitrogens is 2. The lowest BCUT2D eigenvalue weighted by atomic mass is 10.1. The molecule has 1 heterocycles. The summed E-state index contributed by atoms with van der Waals surface area (Å²) in [5.41, 5.74) is 2.02. The van der Waals surface area contributed by atoms with Gasteiger partial charge in [-0.3, -0.25) is 4.79 Å². The fourth-order valence-electron chi connectivity index (χ4n) is 4.65. The molecule has 5 nitrogen and oxygen atoms in total. The van der Waals surface area contributed by atoms with E-state index >= 15 is 0 Å². The molecule has 0 saturated heterocycles. The Hall–Kier alpha value is -2.60. The Kier molecular flexibility index (Phi) is 6.70. The lowest BCUT2D eigenvalue weighted by Gasteiger charge is -2.26. The van der Waals surface area contributed by atoms with Crippen LogP contribution in [0.2, 0.25) is 5.02 Å². The number of carbonyl (C=O) groups excluding carboxylic acids is 1. The molecule has 1 fully saturated rings. The molecule has 0 N–H and O–H groups in total. The van der Waals surface area contributed by atoms with Gasteiger partial charge < -0.3 is 14.2 Å². The number of rotatable bonds is 7. The van der Waals surface area contributed by atoms with E-state index in [9.17, 15) is 9.18 Å². The maximum atomic E-state index is 13.9. The number of halogens is 2. The summed E-state index contributed by atoms with van der Waals surface area (Å²) < 4.78 is 21.6. The minimum Gasteiger partial charge on any atom is -0.496 e. The number of benzene rings is 2. The molecular weight excluding hydrogens is 429 g/mol. The Morgan fingerprint density at radius 2 is 2.00 bits per heavy atom. The molecule has 0 bridgehead atoms. The van der Waals surface area contributed by atoms with Gasteiger partial charge in [0.1, 0.15) is 17.4 Å². The van der Waals surface area contributed by atoms with Gasteiger partial charge in [0.25, 0.3) is 5.91 Å². The van der Waals surface area contributed by atoms with Crippen molar-refractivity contribution in [3.05, 3.63) is 58.6 Å². The maximum Gasteiger partial charge on any atom is 0.258 e. The smallest absolute Gasteiger partial charge is 0.258 e. The first-order valence-electron chi connectivity index (χ1n) is 11.2. The SMILES string of the molecule is COc1cc(Cl)ccc1C(=O)N(Cc1nc2cc(F)ccc2n1C1CCCC1)CC(C)C. The molecule has 0 unspecified atom stereocenters. The lowest BCUT2D eigenvalue weighted by Crippen LogP contribution is -2.35. The van der Waals surface area contributed by atoms with Gasteiger partial charge in [-0.1, -0.05) is 38.3 Å². The summed E-state index contributed by atoms with van der Waals surface area (Å²) >= 11 is 6.10. The molecule has 1 aliphatic rings. The quantitative estimate of drug-likeness (QED) is 0.421. The van der Waals surface area contributed by atoms with Gasteiger partial charge in [0, 0.05) is 23.7 Å². The summed E-state index contributed by atoms with van der Waals surface area (Å²) in [6.07, 6.45) is 4.47. The number of hydrogen-bond donors (Lipinski definition) is 0. The summed E-state index contributed by atoms with van der Waals surface area (Å²) in [6.45, 7) is 5.06. The van der Waals surface area contributed by atoms with Crippen LogP contribution in [0.3, 0.4) is 0 Å². The van der Waals surface area contributed by atoms with Gasteiger partial charge in [0.2, 0.25) is 0 Å². The van der Waals surface area contributed by atoms with E-state index in [-0.39, 0.29) is 17.6 Å². The van der Waals surface area contributed by atoms with Crippen molar-refractivity contribution in [3.63, 3.8) is 0 Å². The van der Waals surface area contributed by atoms with Crippen LogP contribution in [0.1, 0.15) is 61.8 Å². The number of ether oxygens (including phenoxy) is 1. The summed E-state index contributed by atoms with van der Waals surface area (Å²) in [4.78, 5) is 20.2. The van der Waals surface area contributed by atoms with Crippen molar-refractivity contribution >= 4 is 28.5 Å². The minimum atomic E-state index is -0.305. The van der Waals surface area contributed by atoms with E-state index in [2.05, 4.69) is 18.4 Å². The van der Waals surface area contributed by atoms with E-state index in [0.717, 1.165) is 24.2 Å². The zero-order valence-corrected chi connectivity index (χ0v) is 19.5. The summed E-state index contributed by atoms with van der Waals surface area (Å²) in [7, 11) is 1.53. The van der Waals surface area contributed by atoms with Crippen LogP contribution in [0.5, 0.6) is 5.75 Å². The third-order valence-electron chi connectivity index (χ3n) is 6.01. The number of methoxy groups -OCH3 is 1. The second-order valence-corrected chi connectivity index (χ2v) is 9.33. The highest BCUT2D eigenvalue weighted by molar-refractivity contribution is 6.30. The van der Waals surface area contributed by atoms with E-state index in [1.165, 1.54) is 32.1 Å². The van der Waals surface area contributed by atoms with Gasteiger partial charge in [-0.05, 0) is 49.1 Å². The zero-order chi connectivity index (χ0) is 22.8. The molecule has 2 aromatic carbocycles. The first-order chi connectivity index (χ1) is 15.4. The van der Waals surface area contributed by atoms with Crippen molar-refractivity contribution in [3.8, 4) is 5.75 Å². The average Bonchev–Trinajstić information content (AvgIpc) is 3.39. The third-order valence-corrected chi connectivity index (χ3v) is 6.25. The van der Waals surface area contributed by atoms with Crippen LogP contribution >= 0.6 is 11.6 Å². The van der Waals surface area contributed by atoms with Gasteiger partial charge in [-0.25, -0.2) is 9.37 Å². The number of fused-ring (bicyclic) bond motifs is 1. The first-order valence-corrected chi connectivity index (χ1v) is 11.5. The molecule has 0 aliphatic heterocycles. The van der Waals surface area contributed by atoms with Gasteiger partial charge in [-0.2, -0.15) is 0 Å². The van der Waals surface area contributed by atoms with E-state index in [1.807, 2.05) is 0 Å². The highest BCUT2D eigenvalue weighted by atomic mass is 35.5. The number of imidazole rings is 1. The Bertz CT molecular complexity index is 1120.